The minimum absolute atomic E-state index is 0.0598. The van der Waals surface area contributed by atoms with E-state index < -0.39 is 11.9 Å². The van der Waals surface area contributed by atoms with Gasteiger partial charge in [-0.1, -0.05) is 23.2 Å². The molecule has 1 amide bonds. The van der Waals surface area contributed by atoms with Gasteiger partial charge in [-0.3, -0.25) is 4.79 Å². The zero-order chi connectivity index (χ0) is 23.0. The van der Waals surface area contributed by atoms with Gasteiger partial charge in [-0.25, -0.2) is 9.37 Å². The lowest BCUT2D eigenvalue weighted by atomic mass is 10.0. The molecule has 7 nitrogen and oxygen atoms in total. The molecule has 0 spiro atoms. The highest BCUT2D eigenvalue weighted by atomic mass is 35.5. The standard InChI is InChI=1S/C22H23Cl2FN4O3/c1-11(17-15(23)3-4-16(25)18(17)24)32-20-19-13(9-27-21(20)26)14(10-31-19)22(30)28-12-5-7-29(2)8-6-12/h3-4,9-12H,5-8H2,1-2H3,(H2,26,27)(H,28,30)/t11-/m1/s1. The second kappa shape index (κ2) is 9.13. The number of nitrogens with two attached hydrogens (primary N) is 1. The molecule has 1 aliphatic rings. The number of benzene rings is 1. The Labute approximate surface area is 194 Å². The minimum Gasteiger partial charge on any atom is -0.478 e. The molecule has 0 radical (unpaired) electrons. The van der Waals surface area contributed by atoms with Gasteiger partial charge >= 0.3 is 0 Å². The van der Waals surface area contributed by atoms with Crippen LogP contribution in [0.2, 0.25) is 10.0 Å². The Balaban J connectivity index is 1.61. The van der Waals surface area contributed by atoms with Gasteiger partial charge in [-0.05, 0) is 52.0 Å². The number of ether oxygens (including phenoxy) is 1. The summed E-state index contributed by atoms with van der Waals surface area (Å²) >= 11 is 12.3. The average Bonchev–Trinajstić information content (AvgIpc) is 3.19. The van der Waals surface area contributed by atoms with Crippen molar-refractivity contribution in [3.63, 3.8) is 0 Å². The van der Waals surface area contributed by atoms with Crippen LogP contribution < -0.4 is 15.8 Å². The number of nitrogens with one attached hydrogen (secondary N) is 1. The summed E-state index contributed by atoms with van der Waals surface area (Å²) in [6, 6.07) is 2.68. The van der Waals surface area contributed by atoms with Gasteiger partial charge in [0.2, 0.25) is 5.75 Å². The number of pyridine rings is 1. The fourth-order valence-electron chi connectivity index (χ4n) is 3.84. The monoisotopic (exact) mass is 480 g/mol. The van der Waals surface area contributed by atoms with Crippen LogP contribution in [0.4, 0.5) is 10.2 Å². The molecule has 3 aromatic rings. The molecule has 32 heavy (non-hydrogen) atoms. The predicted molar refractivity (Wildman–Crippen MR) is 122 cm³/mol. The minimum atomic E-state index is -0.762. The van der Waals surface area contributed by atoms with Crippen molar-refractivity contribution in [3.05, 3.63) is 51.6 Å². The summed E-state index contributed by atoms with van der Waals surface area (Å²) in [5, 5.41) is 3.63. The first-order chi connectivity index (χ1) is 15.3. The molecule has 1 saturated heterocycles. The molecule has 4 rings (SSSR count). The fourth-order valence-corrected chi connectivity index (χ4v) is 4.52. The quantitative estimate of drug-likeness (QED) is 0.508. The first kappa shape index (κ1) is 22.6. The van der Waals surface area contributed by atoms with Gasteiger partial charge in [0.15, 0.2) is 11.4 Å². The lowest BCUT2D eigenvalue weighted by Crippen LogP contribution is -2.43. The number of likely N-dealkylation sites (tertiary alicyclic amines) is 1. The molecule has 1 fully saturated rings. The van der Waals surface area contributed by atoms with Crippen molar-refractivity contribution in [2.45, 2.75) is 31.9 Å². The largest absolute Gasteiger partial charge is 0.478 e. The zero-order valence-corrected chi connectivity index (χ0v) is 19.1. The number of hydrogen-bond acceptors (Lipinski definition) is 6. The third-order valence-corrected chi connectivity index (χ3v) is 6.39. The Morgan fingerprint density at radius 2 is 2.09 bits per heavy atom. The Morgan fingerprint density at radius 3 is 2.81 bits per heavy atom. The normalized spacial score (nSPS) is 16.3. The van der Waals surface area contributed by atoms with Gasteiger partial charge in [-0.2, -0.15) is 0 Å². The number of anilines is 1. The van der Waals surface area contributed by atoms with Crippen LogP contribution in [0, 0.1) is 5.82 Å². The number of rotatable bonds is 5. The summed E-state index contributed by atoms with van der Waals surface area (Å²) in [7, 11) is 2.06. The van der Waals surface area contributed by atoms with Crippen molar-refractivity contribution < 1.29 is 18.3 Å². The molecule has 0 unspecified atom stereocenters. The highest BCUT2D eigenvalue weighted by molar-refractivity contribution is 6.36. The number of piperidine rings is 1. The van der Waals surface area contributed by atoms with E-state index in [2.05, 4.69) is 22.2 Å². The topological polar surface area (TPSA) is 93.6 Å². The van der Waals surface area contributed by atoms with Crippen molar-refractivity contribution in [1.29, 1.82) is 0 Å². The second-order valence-electron chi connectivity index (χ2n) is 7.93. The third kappa shape index (κ3) is 4.35. The Bertz CT molecular complexity index is 1160. The number of aromatic nitrogens is 1. The molecule has 1 atom stereocenters. The van der Waals surface area contributed by atoms with Crippen LogP contribution in [0.25, 0.3) is 11.0 Å². The van der Waals surface area contributed by atoms with E-state index in [-0.39, 0.29) is 44.7 Å². The summed E-state index contributed by atoms with van der Waals surface area (Å²) in [6.45, 7) is 3.51. The van der Waals surface area contributed by atoms with Gasteiger partial charge in [0.05, 0.1) is 16.0 Å². The van der Waals surface area contributed by atoms with E-state index in [4.69, 9.17) is 38.1 Å². The molecular formula is C22H23Cl2FN4O3. The van der Waals surface area contributed by atoms with Crippen molar-refractivity contribution in [3.8, 4) is 5.75 Å². The molecular weight excluding hydrogens is 458 g/mol. The summed E-state index contributed by atoms with van der Waals surface area (Å²) in [4.78, 5) is 19.3. The first-order valence-corrected chi connectivity index (χ1v) is 11.0. The summed E-state index contributed by atoms with van der Waals surface area (Å²) in [5.74, 6) is -0.675. The maximum Gasteiger partial charge on any atom is 0.255 e. The van der Waals surface area contributed by atoms with E-state index in [9.17, 15) is 9.18 Å². The van der Waals surface area contributed by atoms with E-state index in [1.807, 2.05) is 0 Å². The van der Waals surface area contributed by atoms with Gasteiger partial charge in [0.1, 0.15) is 18.2 Å². The number of nitrogen functional groups attached to an aromatic ring is 1. The van der Waals surface area contributed by atoms with Gasteiger partial charge < -0.3 is 25.1 Å². The SMILES string of the molecule is C[C@@H](Oc1c(N)ncc2c(C(=O)NC3CCN(C)CC3)coc12)c1c(Cl)ccc(F)c1Cl. The number of furan rings is 1. The number of carbonyl (C=O) groups is 1. The third-order valence-electron chi connectivity index (χ3n) is 5.68. The van der Waals surface area contributed by atoms with E-state index in [0.717, 1.165) is 25.9 Å². The van der Waals surface area contributed by atoms with Crippen molar-refractivity contribution in [2.75, 3.05) is 25.9 Å². The van der Waals surface area contributed by atoms with Gasteiger partial charge in [0.25, 0.3) is 5.91 Å². The number of carbonyl (C=O) groups excluding carboxylic acids is 1. The Hall–Kier alpha value is -2.55. The van der Waals surface area contributed by atoms with Crippen LogP contribution in [-0.4, -0.2) is 42.0 Å². The summed E-state index contributed by atoms with van der Waals surface area (Å²) < 4.78 is 25.6. The number of nitrogens with zero attached hydrogens (tertiary/aromatic N) is 2. The average molecular weight is 481 g/mol. The molecule has 3 heterocycles. The van der Waals surface area contributed by atoms with Gasteiger partial charge in [0, 0.05) is 22.8 Å². The van der Waals surface area contributed by atoms with Crippen LogP contribution >= 0.6 is 23.2 Å². The van der Waals surface area contributed by atoms with E-state index >= 15 is 0 Å². The molecule has 0 bridgehead atoms. The second-order valence-corrected chi connectivity index (χ2v) is 8.72. The van der Waals surface area contributed by atoms with E-state index in [1.165, 1.54) is 24.6 Å². The zero-order valence-electron chi connectivity index (χ0n) is 17.6. The van der Waals surface area contributed by atoms with E-state index in [1.54, 1.807) is 6.92 Å². The van der Waals surface area contributed by atoms with Crippen LogP contribution in [-0.2, 0) is 0 Å². The summed E-state index contributed by atoms with van der Waals surface area (Å²) in [5.41, 5.74) is 6.90. The molecule has 10 heteroatoms. The molecule has 1 aromatic carbocycles. The lowest BCUT2D eigenvalue weighted by Gasteiger charge is -2.29. The molecule has 1 aliphatic heterocycles. The van der Waals surface area contributed by atoms with Gasteiger partial charge in [-0.15, -0.1) is 0 Å². The van der Waals surface area contributed by atoms with Crippen molar-refractivity contribution in [2.24, 2.45) is 0 Å². The maximum atomic E-state index is 13.9. The smallest absolute Gasteiger partial charge is 0.255 e. The fraction of sp³-hybridized carbons (Fsp3) is 0.364. The van der Waals surface area contributed by atoms with Crippen molar-refractivity contribution in [1.82, 2.24) is 15.2 Å². The van der Waals surface area contributed by atoms with Crippen LogP contribution in [0.5, 0.6) is 5.75 Å². The molecule has 3 N–H and O–H groups in total. The van der Waals surface area contributed by atoms with Crippen LogP contribution in [0.3, 0.4) is 0 Å². The molecule has 0 saturated carbocycles. The number of hydrogen-bond donors (Lipinski definition) is 2. The number of halogens is 3. The first-order valence-electron chi connectivity index (χ1n) is 10.2. The van der Waals surface area contributed by atoms with Crippen molar-refractivity contribution >= 4 is 45.9 Å². The lowest BCUT2D eigenvalue weighted by molar-refractivity contribution is 0.0917. The Kier molecular flexibility index (Phi) is 6.46. The maximum absolute atomic E-state index is 13.9. The predicted octanol–water partition coefficient (Wildman–Crippen LogP) is 4.82. The van der Waals surface area contributed by atoms with Crippen LogP contribution in [0.15, 0.2) is 29.0 Å². The van der Waals surface area contributed by atoms with E-state index in [0.29, 0.717) is 10.9 Å². The summed E-state index contributed by atoms with van der Waals surface area (Å²) in [6.07, 6.45) is 3.82. The van der Waals surface area contributed by atoms with Crippen LogP contribution in [0.1, 0.15) is 41.8 Å². The highest BCUT2D eigenvalue weighted by Crippen LogP contribution is 2.39. The molecule has 2 aromatic heterocycles. The molecule has 0 aliphatic carbocycles. The Morgan fingerprint density at radius 1 is 1.38 bits per heavy atom. The number of fused-ring (bicyclic) bond motifs is 1. The number of amides is 1. The highest BCUT2D eigenvalue weighted by Gasteiger charge is 2.25. The molecule has 170 valence electrons.